The number of rotatable bonds is 2. The fourth-order valence-corrected chi connectivity index (χ4v) is 1.29. The largest absolute Gasteiger partial charge is 0.268 e. The second-order valence-corrected chi connectivity index (χ2v) is 3.11. The van der Waals surface area contributed by atoms with Gasteiger partial charge in [-0.1, -0.05) is 0 Å². The normalized spacial score (nSPS) is 10.1. The maximum atomic E-state index is 5.69. The van der Waals surface area contributed by atoms with Crippen molar-refractivity contribution >= 4 is 17.4 Å². The van der Waals surface area contributed by atoms with Crippen LogP contribution in [0.15, 0.2) is 36.8 Å². The van der Waals surface area contributed by atoms with Gasteiger partial charge in [0.15, 0.2) is 5.82 Å². The van der Waals surface area contributed by atoms with Crippen LogP contribution in [-0.4, -0.2) is 21.7 Å². The highest BCUT2D eigenvalue weighted by atomic mass is 35.5. The van der Waals surface area contributed by atoms with E-state index in [1.807, 2.05) is 41.3 Å². The molecule has 0 aromatic carbocycles. The van der Waals surface area contributed by atoms with E-state index in [0.717, 1.165) is 5.82 Å². The zero-order valence-electron chi connectivity index (χ0n) is 7.63. The quantitative estimate of drug-likeness (QED) is 0.707. The predicted octanol–water partition coefficient (Wildman–Crippen LogP) is 1.83. The number of aromatic nitrogens is 3. The van der Waals surface area contributed by atoms with E-state index in [4.69, 9.17) is 11.6 Å². The average Bonchev–Trinajstić information content (AvgIpc) is 2.69. The second kappa shape index (κ2) is 3.67. The number of nitrogens with zero attached hydrogens (tertiary/aromatic N) is 4. The highest BCUT2D eigenvalue weighted by Gasteiger charge is 2.03. The van der Waals surface area contributed by atoms with Crippen LogP contribution in [0.2, 0.25) is 5.28 Å². The zero-order chi connectivity index (χ0) is 9.97. The molecule has 0 saturated carbocycles. The Balaban J connectivity index is 2.32. The minimum atomic E-state index is 0.251. The molecule has 0 amide bonds. The SMILES string of the molecule is CN(c1ccnc(Cl)n1)n1cccc1. The first-order valence-corrected chi connectivity index (χ1v) is 4.51. The van der Waals surface area contributed by atoms with Gasteiger partial charge in [0.25, 0.3) is 0 Å². The van der Waals surface area contributed by atoms with Crippen LogP contribution in [0.3, 0.4) is 0 Å². The molecular formula is C9H9ClN4. The number of hydrogen-bond donors (Lipinski definition) is 0. The van der Waals surface area contributed by atoms with Gasteiger partial charge in [-0.3, -0.25) is 9.69 Å². The van der Waals surface area contributed by atoms with Crippen molar-refractivity contribution in [3.8, 4) is 0 Å². The van der Waals surface area contributed by atoms with Gasteiger partial charge in [0.2, 0.25) is 5.28 Å². The smallest absolute Gasteiger partial charge is 0.224 e. The lowest BCUT2D eigenvalue weighted by Crippen LogP contribution is -2.23. The zero-order valence-corrected chi connectivity index (χ0v) is 8.39. The summed E-state index contributed by atoms with van der Waals surface area (Å²) in [6.45, 7) is 0. The first kappa shape index (κ1) is 9.02. The van der Waals surface area contributed by atoms with E-state index in [9.17, 15) is 0 Å². The van der Waals surface area contributed by atoms with E-state index in [1.54, 1.807) is 12.3 Å². The molecule has 14 heavy (non-hydrogen) atoms. The lowest BCUT2D eigenvalue weighted by molar-refractivity contribution is 0.763. The van der Waals surface area contributed by atoms with Crippen molar-refractivity contribution in [2.45, 2.75) is 0 Å². The number of hydrogen-bond acceptors (Lipinski definition) is 3. The fourth-order valence-electron chi connectivity index (χ4n) is 1.15. The van der Waals surface area contributed by atoms with Gasteiger partial charge in [-0.25, -0.2) is 4.98 Å². The topological polar surface area (TPSA) is 34.0 Å². The fraction of sp³-hybridized carbons (Fsp3) is 0.111. The molecule has 0 unspecified atom stereocenters. The molecule has 2 heterocycles. The van der Waals surface area contributed by atoms with Crippen LogP contribution in [0.1, 0.15) is 0 Å². The van der Waals surface area contributed by atoms with Crippen molar-refractivity contribution in [3.05, 3.63) is 42.1 Å². The predicted molar refractivity (Wildman–Crippen MR) is 55.3 cm³/mol. The van der Waals surface area contributed by atoms with Gasteiger partial charge in [-0.05, 0) is 23.7 Å². The Bertz CT molecular complexity index is 413. The van der Waals surface area contributed by atoms with E-state index in [1.165, 1.54) is 0 Å². The van der Waals surface area contributed by atoms with Crippen LogP contribution in [0.5, 0.6) is 0 Å². The Morgan fingerprint density at radius 2 is 2.07 bits per heavy atom. The molecule has 5 heteroatoms. The molecule has 0 aliphatic heterocycles. The molecule has 0 bridgehead atoms. The van der Waals surface area contributed by atoms with Gasteiger partial charge in [0.1, 0.15) is 0 Å². The van der Waals surface area contributed by atoms with Crippen molar-refractivity contribution in [2.75, 3.05) is 12.1 Å². The monoisotopic (exact) mass is 208 g/mol. The molecule has 0 atom stereocenters. The maximum Gasteiger partial charge on any atom is 0.224 e. The van der Waals surface area contributed by atoms with Gasteiger partial charge in [-0.15, -0.1) is 0 Å². The van der Waals surface area contributed by atoms with Crippen LogP contribution in [0.4, 0.5) is 5.82 Å². The minimum absolute atomic E-state index is 0.251. The highest BCUT2D eigenvalue weighted by molar-refractivity contribution is 6.28. The van der Waals surface area contributed by atoms with Gasteiger partial charge in [0.05, 0.1) is 0 Å². The van der Waals surface area contributed by atoms with Crippen LogP contribution in [0.25, 0.3) is 0 Å². The molecule has 2 rings (SSSR count). The molecular weight excluding hydrogens is 200 g/mol. The Morgan fingerprint density at radius 3 is 2.71 bits per heavy atom. The summed E-state index contributed by atoms with van der Waals surface area (Å²) in [4.78, 5) is 7.91. The summed E-state index contributed by atoms with van der Waals surface area (Å²) in [5.74, 6) is 0.751. The summed E-state index contributed by atoms with van der Waals surface area (Å²) in [7, 11) is 1.90. The van der Waals surface area contributed by atoms with Gasteiger partial charge < -0.3 is 0 Å². The van der Waals surface area contributed by atoms with Crippen LogP contribution in [-0.2, 0) is 0 Å². The van der Waals surface area contributed by atoms with Crippen molar-refractivity contribution in [2.24, 2.45) is 0 Å². The lowest BCUT2D eigenvalue weighted by Gasteiger charge is -2.18. The molecule has 0 fully saturated rings. The van der Waals surface area contributed by atoms with Crippen molar-refractivity contribution < 1.29 is 0 Å². The third kappa shape index (κ3) is 1.70. The van der Waals surface area contributed by atoms with E-state index in [0.29, 0.717) is 0 Å². The molecule has 0 radical (unpaired) electrons. The molecule has 2 aromatic heterocycles. The summed E-state index contributed by atoms with van der Waals surface area (Å²) in [6, 6.07) is 5.68. The molecule has 4 nitrogen and oxygen atoms in total. The second-order valence-electron chi connectivity index (χ2n) is 2.77. The van der Waals surface area contributed by atoms with E-state index in [-0.39, 0.29) is 5.28 Å². The molecule has 0 saturated heterocycles. The summed E-state index contributed by atoms with van der Waals surface area (Å²) in [5, 5.41) is 2.12. The lowest BCUT2D eigenvalue weighted by atomic mass is 10.6. The van der Waals surface area contributed by atoms with E-state index in [2.05, 4.69) is 9.97 Å². The minimum Gasteiger partial charge on any atom is -0.268 e. The molecule has 0 aliphatic rings. The molecule has 0 N–H and O–H groups in total. The Labute approximate surface area is 86.7 Å². The van der Waals surface area contributed by atoms with E-state index < -0.39 is 0 Å². The summed E-state index contributed by atoms with van der Waals surface area (Å²) in [5.41, 5.74) is 0. The van der Waals surface area contributed by atoms with Crippen LogP contribution >= 0.6 is 11.6 Å². The molecule has 2 aromatic rings. The number of halogens is 1. The van der Waals surface area contributed by atoms with Crippen molar-refractivity contribution in [3.63, 3.8) is 0 Å². The third-order valence-corrected chi connectivity index (χ3v) is 2.06. The first-order chi connectivity index (χ1) is 6.77. The van der Waals surface area contributed by atoms with Gasteiger partial charge in [0, 0.05) is 31.7 Å². The number of anilines is 1. The molecule has 72 valence electrons. The molecule has 0 spiro atoms. The Morgan fingerprint density at radius 1 is 1.36 bits per heavy atom. The Kier molecular flexibility index (Phi) is 2.37. The third-order valence-electron chi connectivity index (χ3n) is 1.88. The van der Waals surface area contributed by atoms with Gasteiger partial charge >= 0.3 is 0 Å². The van der Waals surface area contributed by atoms with Crippen LogP contribution in [0, 0.1) is 0 Å². The maximum absolute atomic E-state index is 5.69. The Hall–Kier alpha value is -1.55. The highest BCUT2D eigenvalue weighted by Crippen LogP contribution is 2.11. The van der Waals surface area contributed by atoms with Gasteiger partial charge in [-0.2, -0.15) is 4.98 Å². The van der Waals surface area contributed by atoms with Crippen molar-refractivity contribution in [1.82, 2.24) is 14.6 Å². The average molecular weight is 209 g/mol. The summed E-state index contributed by atoms with van der Waals surface area (Å²) < 4.78 is 1.90. The van der Waals surface area contributed by atoms with Crippen molar-refractivity contribution in [1.29, 1.82) is 0 Å². The van der Waals surface area contributed by atoms with E-state index >= 15 is 0 Å². The summed E-state index contributed by atoms with van der Waals surface area (Å²) in [6.07, 6.45) is 5.48. The summed E-state index contributed by atoms with van der Waals surface area (Å²) >= 11 is 5.69. The van der Waals surface area contributed by atoms with Crippen LogP contribution < -0.4 is 5.01 Å². The first-order valence-electron chi connectivity index (χ1n) is 4.13. The standard InChI is InChI=1S/C9H9ClN4/c1-13(14-6-2-3-7-14)8-4-5-11-9(10)12-8/h2-7H,1H3. The molecule has 0 aliphatic carbocycles.